The van der Waals surface area contributed by atoms with Crippen molar-refractivity contribution in [3.63, 3.8) is 0 Å². The molecule has 0 saturated carbocycles. The first kappa shape index (κ1) is 25.0. The van der Waals surface area contributed by atoms with E-state index in [9.17, 15) is 9.59 Å². The van der Waals surface area contributed by atoms with Crippen LogP contribution in [0.25, 0.3) is 0 Å². The number of hydrogen-bond donors (Lipinski definition) is 3. The van der Waals surface area contributed by atoms with Crippen molar-refractivity contribution in [2.24, 2.45) is 5.92 Å². The zero-order chi connectivity index (χ0) is 24.6. The Bertz CT molecular complexity index is 1010. The van der Waals surface area contributed by atoms with E-state index in [4.69, 9.17) is 4.74 Å². The maximum atomic E-state index is 13.3. The molecule has 8 heteroatoms. The summed E-state index contributed by atoms with van der Waals surface area (Å²) in [5.41, 5.74) is 3.84. The molecule has 0 aromatic heterocycles. The zero-order valence-corrected chi connectivity index (χ0v) is 20.8. The van der Waals surface area contributed by atoms with Gasteiger partial charge in [0.1, 0.15) is 0 Å². The third-order valence-corrected chi connectivity index (χ3v) is 6.83. The normalized spacial score (nSPS) is 17.1. The van der Waals surface area contributed by atoms with Crippen molar-refractivity contribution in [3.8, 4) is 0 Å². The van der Waals surface area contributed by atoms with Crippen molar-refractivity contribution in [2.75, 3.05) is 68.0 Å². The fourth-order valence-electron chi connectivity index (χ4n) is 4.57. The molecular weight excluding hydrogens is 442 g/mol. The van der Waals surface area contributed by atoms with E-state index >= 15 is 0 Å². The number of ether oxygens (including phenoxy) is 1. The summed E-state index contributed by atoms with van der Waals surface area (Å²) in [7, 11) is 0. The quantitative estimate of drug-likeness (QED) is 0.560. The van der Waals surface area contributed by atoms with E-state index in [0.29, 0.717) is 23.7 Å². The molecule has 3 amide bonds. The Morgan fingerprint density at radius 3 is 2.49 bits per heavy atom. The van der Waals surface area contributed by atoms with Crippen LogP contribution in [0.1, 0.15) is 35.7 Å². The smallest absolute Gasteiger partial charge is 0.323 e. The minimum Gasteiger partial charge on any atom is -0.379 e. The lowest BCUT2D eigenvalue weighted by Crippen LogP contribution is -2.41. The first-order valence-corrected chi connectivity index (χ1v) is 12.6. The van der Waals surface area contributed by atoms with Crippen LogP contribution in [0.3, 0.4) is 0 Å². The molecule has 35 heavy (non-hydrogen) atoms. The minimum absolute atomic E-state index is 0.116. The number of carbonyl (C=O) groups excluding carboxylic acids is 2. The van der Waals surface area contributed by atoms with Crippen LogP contribution in [0.2, 0.25) is 0 Å². The maximum absolute atomic E-state index is 13.3. The van der Waals surface area contributed by atoms with Crippen molar-refractivity contribution in [1.82, 2.24) is 10.2 Å². The predicted octanol–water partition coefficient (Wildman–Crippen LogP) is 3.94. The second kappa shape index (κ2) is 12.0. The molecule has 3 N–H and O–H groups in total. The van der Waals surface area contributed by atoms with E-state index in [2.05, 4.69) is 32.7 Å². The number of carbonyl (C=O) groups is 2. The summed E-state index contributed by atoms with van der Waals surface area (Å²) in [6, 6.07) is 12.9. The van der Waals surface area contributed by atoms with Gasteiger partial charge in [0.25, 0.3) is 5.91 Å². The molecule has 0 bridgehead atoms. The molecule has 0 radical (unpaired) electrons. The van der Waals surface area contributed by atoms with Gasteiger partial charge in [-0.1, -0.05) is 25.1 Å². The number of anilines is 3. The summed E-state index contributed by atoms with van der Waals surface area (Å²) >= 11 is 0. The number of morpholine rings is 1. The average molecular weight is 480 g/mol. The number of piperidine rings is 1. The standard InChI is InChI=1S/C27H37N5O3/c1-20-9-12-32(13-10-20)25-8-7-22(29-27(34)30-24-6-4-3-5-21(24)2)19-23(25)26(33)28-11-14-31-15-17-35-18-16-31/h3-8,19-20H,9-18H2,1-2H3,(H,28,33)(H2,29,30,34). The Hall–Kier alpha value is -3.10. The number of urea groups is 1. The summed E-state index contributed by atoms with van der Waals surface area (Å²) < 4.78 is 5.40. The molecule has 2 heterocycles. The first-order chi connectivity index (χ1) is 17.0. The van der Waals surface area contributed by atoms with E-state index in [0.717, 1.165) is 75.7 Å². The van der Waals surface area contributed by atoms with E-state index in [1.54, 1.807) is 6.07 Å². The summed E-state index contributed by atoms with van der Waals surface area (Å²) in [4.78, 5) is 30.5. The molecule has 2 aliphatic rings. The molecule has 2 aliphatic heterocycles. The number of amides is 3. The third kappa shape index (κ3) is 6.96. The second-order valence-corrected chi connectivity index (χ2v) is 9.51. The van der Waals surface area contributed by atoms with Crippen LogP contribution in [-0.4, -0.2) is 69.3 Å². The van der Waals surface area contributed by atoms with Crippen molar-refractivity contribution >= 4 is 29.0 Å². The van der Waals surface area contributed by atoms with Gasteiger partial charge in [-0.2, -0.15) is 0 Å². The van der Waals surface area contributed by atoms with Gasteiger partial charge in [0.15, 0.2) is 0 Å². The molecule has 2 aromatic rings. The molecule has 4 rings (SSSR count). The van der Waals surface area contributed by atoms with E-state index in [-0.39, 0.29) is 11.9 Å². The van der Waals surface area contributed by atoms with Crippen LogP contribution in [0.5, 0.6) is 0 Å². The van der Waals surface area contributed by atoms with Gasteiger partial charge in [0.05, 0.1) is 18.8 Å². The van der Waals surface area contributed by atoms with Crippen LogP contribution in [0.15, 0.2) is 42.5 Å². The Morgan fingerprint density at radius 2 is 1.74 bits per heavy atom. The largest absolute Gasteiger partial charge is 0.379 e. The van der Waals surface area contributed by atoms with E-state index in [1.165, 1.54) is 0 Å². The SMILES string of the molecule is Cc1ccccc1NC(=O)Nc1ccc(N2CCC(C)CC2)c(C(=O)NCCN2CCOCC2)c1. The van der Waals surface area contributed by atoms with Crippen molar-refractivity contribution in [3.05, 3.63) is 53.6 Å². The Kier molecular flexibility index (Phi) is 8.60. The molecule has 0 aliphatic carbocycles. The third-order valence-electron chi connectivity index (χ3n) is 6.83. The van der Waals surface area contributed by atoms with Crippen molar-refractivity contribution in [1.29, 1.82) is 0 Å². The van der Waals surface area contributed by atoms with Gasteiger partial charge >= 0.3 is 6.03 Å². The monoisotopic (exact) mass is 479 g/mol. The molecule has 8 nitrogen and oxygen atoms in total. The number of aryl methyl sites for hydroxylation is 1. The molecule has 2 aromatic carbocycles. The van der Waals surface area contributed by atoms with Crippen LogP contribution in [0, 0.1) is 12.8 Å². The van der Waals surface area contributed by atoms with Gasteiger partial charge in [-0.25, -0.2) is 4.79 Å². The van der Waals surface area contributed by atoms with Gasteiger partial charge in [-0.3, -0.25) is 9.69 Å². The molecule has 188 valence electrons. The number of rotatable bonds is 7. The highest BCUT2D eigenvalue weighted by Crippen LogP contribution is 2.29. The molecule has 2 saturated heterocycles. The lowest BCUT2D eigenvalue weighted by Gasteiger charge is -2.33. The zero-order valence-electron chi connectivity index (χ0n) is 20.8. The topological polar surface area (TPSA) is 85.9 Å². The maximum Gasteiger partial charge on any atom is 0.323 e. The van der Waals surface area contributed by atoms with Gasteiger partial charge in [0, 0.05) is 56.3 Å². The number of hydrogen-bond acceptors (Lipinski definition) is 5. The van der Waals surface area contributed by atoms with Crippen molar-refractivity contribution in [2.45, 2.75) is 26.7 Å². The number of benzene rings is 2. The summed E-state index contributed by atoms with van der Waals surface area (Å²) in [6.45, 7) is 10.7. The van der Waals surface area contributed by atoms with Crippen LogP contribution in [0.4, 0.5) is 21.9 Å². The molecule has 0 atom stereocenters. The van der Waals surface area contributed by atoms with Gasteiger partial charge in [-0.05, 0) is 55.5 Å². The summed E-state index contributed by atoms with van der Waals surface area (Å²) in [6.07, 6.45) is 2.22. The lowest BCUT2D eigenvalue weighted by atomic mass is 9.98. The summed E-state index contributed by atoms with van der Waals surface area (Å²) in [5.74, 6) is 0.581. The Balaban J connectivity index is 1.46. The molecular formula is C27H37N5O3. The number of para-hydroxylation sites is 1. The van der Waals surface area contributed by atoms with E-state index < -0.39 is 0 Å². The van der Waals surface area contributed by atoms with Gasteiger partial charge < -0.3 is 25.6 Å². The highest BCUT2D eigenvalue weighted by molar-refractivity contribution is 6.04. The predicted molar refractivity (Wildman–Crippen MR) is 140 cm³/mol. The van der Waals surface area contributed by atoms with Crippen LogP contribution in [-0.2, 0) is 4.74 Å². The lowest BCUT2D eigenvalue weighted by molar-refractivity contribution is 0.0383. The highest BCUT2D eigenvalue weighted by Gasteiger charge is 2.22. The Labute approximate surface area is 208 Å². The average Bonchev–Trinajstić information content (AvgIpc) is 2.86. The minimum atomic E-state index is -0.336. The van der Waals surface area contributed by atoms with Crippen molar-refractivity contribution < 1.29 is 14.3 Å². The van der Waals surface area contributed by atoms with Crippen LogP contribution >= 0.6 is 0 Å². The van der Waals surface area contributed by atoms with Crippen LogP contribution < -0.4 is 20.9 Å². The fraction of sp³-hybridized carbons (Fsp3) is 0.481. The first-order valence-electron chi connectivity index (χ1n) is 12.6. The Morgan fingerprint density at radius 1 is 1.00 bits per heavy atom. The number of nitrogens with zero attached hydrogens (tertiary/aromatic N) is 2. The molecule has 2 fully saturated rings. The fourth-order valence-corrected chi connectivity index (χ4v) is 4.57. The molecule has 0 unspecified atom stereocenters. The highest BCUT2D eigenvalue weighted by atomic mass is 16.5. The molecule has 0 spiro atoms. The van der Waals surface area contributed by atoms with E-state index in [1.807, 2.05) is 43.3 Å². The summed E-state index contributed by atoms with van der Waals surface area (Å²) in [5, 5.41) is 8.86. The number of nitrogens with one attached hydrogen (secondary N) is 3. The second-order valence-electron chi connectivity index (χ2n) is 9.51. The van der Waals surface area contributed by atoms with Gasteiger partial charge in [0.2, 0.25) is 0 Å². The van der Waals surface area contributed by atoms with Gasteiger partial charge in [-0.15, -0.1) is 0 Å².